The number of aromatic amines is 1. The van der Waals surface area contributed by atoms with Crippen molar-refractivity contribution in [3.05, 3.63) is 101 Å². The highest BCUT2D eigenvalue weighted by Gasteiger charge is 2.21. The van der Waals surface area contributed by atoms with Crippen LogP contribution < -0.4 is 5.32 Å². The predicted octanol–water partition coefficient (Wildman–Crippen LogP) is 5.99. The van der Waals surface area contributed by atoms with Crippen molar-refractivity contribution in [1.82, 2.24) is 15.5 Å². The van der Waals surface area contributed by atoms with Gasteiger partial charge in [0.2, 0.25) is 0 Å². The number of aryl methyl sites for hydroxylation is 2. The van der Waals surface area contributed by atoms with Gasteiger partial charge in [-0.05, 0) is 61.8 Å². The molecule has 166 valence electrons. The number of rotatable bonds is 7. The zero-order valence-electron chi connectivity index (χ0n) is 18.8. The maximum Gasteiger partial charge on any atom is 0.251 e. The van der Waals surface area contributed by atoms with Crippen LogP contribution in [0.1, 0.15) is 46.3 Å². The van der Waals surface area contributed by atoms with Crippen LogP contribution in [0.3, 0.4) is 0 Å². The van der Waals surface area contributed by atoms with E-state index in [0.29, 0.717) is 12.1 Å². The lowest BCUT2D eigenvalue weighted by Crippen LogP contribution is -2.24. The number of hydrogen-bond acceptors (Lipinski definition) is 2. The van der Waals surface area contributed by atoms with Gasteiger partial charge in [-0.3, -0.25) is 9.89 Å². The maximum absolute atomic E-state index is 12.6. The fourth-order valence-electron chi connectivity index (χ4n) is 4.69. The molecule has 0 unspecified atom stereocenters. The average molecular weight is 436 g/mol. The van der Waals surface area contributed by atoms with Crippen molar-refractivity contribution >= 4 is 5.91 Å². The minimum absolute atomic E-state index is 0.0176. The number of hydrogen-bond donors (Lipinski definition) is 2. The molecule has 1 aromatic heterocycles. The fraction of sp³-hybridized carbons (Fsp3) is 0.241. The smallest absolute Gasteiger partial charge is 0.251 e. The summed E-state index contributed by atoms with van der Waals surface area (Å²) in [4.78, 5) is 12.6. The van der Waals surface area contributed by atoms with Crippen molar-refractivity contribution in [2.45, 2.75) is 38.5 Å². The number of carbonyl (C=O) groups is 1. The largest absolute Gasteiger partial charge is 0.352 e. The molecule has 0 bridgehead atoms. The molecule has 4 aromatic rings. The molecule has 1 aliphatic rings. The second-order valence-electron chi connectivity index (χ2n) is 8.71. The Kier molecular flexibility index (Phi) is 6.34. The van der Waals surface area contributed by atoms with E-state index in [1.165, 1.54) is 22.3 Å². The lowest BCUT2D eigenvalue weighted by Gasteiger charge is -2.07. The Hall–Kier alpha value is -3.66. The number of fused-ring (bicyclic) bond motifs is 3. The van der Waals surface area contributed by atoms with E-state index in [-0.39, 0.29) is 5.91 Å². The second kappa shape index (κ2) is 9.86. The van der Waals surface area contributed by atoms with Crippen molar-refractivity contribution in [3.63, 3.8) is 0 Å². The van der Waals surface area contributed by atoms with Gasteiger partial charge in [0.25, 0.3) is 5.91 Å². The molecule has 1 heterocycles. The molecule has 2 N–H and O–H groups in total. The molecule has 3 aromatic carbocycles. The molecular weight excluding hydrogens is 406 g/mol. The number of H-pyrrole nitrogens is 1. The van der Waals surface area contributed by atoms with Gasteiger partial charge in [-0.1, -0.05) is 66.7 Å². The van der Waals surface area contributed by atoms with Crippen molar-refractivity contribution in [2.24, 2.45) is 0 Å². The zero-order valence-corrected chi connectivity index (χ0v) is 18.8. The van der Waals surface area contributed by atoms with Gasteiger partial charge in [-0.15, -0.1) is 0 Å². The Balaban J connectivity index is 1.21. The van der Waals surface area contributed by atoms with Crippen LogP contribution in [0, 0.1) is 0 Å². The molecule has 0 aliphatic heterocycles. The van der Waals surface area contributed by atoms with Crippen LogP contribution in [-0.2, 0) is 19.3 Å². The van der Waals surface area contributed by atoms with E-state index < -0.39 is 0 Å². The van der Waals surface area contributed by atoms with Crippen LogP contribution in [0.4, 0.5) is 0 Å². The van der Waals surface area contributed by atoms with Gasteiger partial charge < -0.3 is 5.32 Å². The topological polar surface area (TPSA) is 57.8 Å². The molecule has 33 heavy (non-hydrogen) atoms. The average Bonchev–Trinajstić information content (AvgIpc) is 3.19. The molecule has 4 nitrogen and oxygen atoms in total. The second-order valence-corrected chi connectivity index (χ2v) is 8.71. The number of nitrogens with one attached hydrogen (secondary N) is 2. The first-order valence-electron chi connectivity index (χ1n) is 11.9. The summed E-state index contributed by atoms with van der Waals surface area (Å²) in [5, 5.41) is 11.0. The van der Waals surface area contributed by atoms with Gasteiger partial charge in [0.05, 0.1) is 11.4 Å². The number of benzene rings is 3. The normalized spacial score (nSPS) is 12.5. The third kappa shape index (κ3) is 4.75. The van der Waals surface area contributed by atoms with Gasteiger partial charge >= 0.3 is 0 Å². The third-order valence-electron chi connectivity index (χ3n) is 6.47. The zero-order chi connectivity index (χ0) is 22.5. The number of amides is 1. The maximum atomic E-state index is 12.6. The molecular formula is C29H29N3O. The molecule has 1 aliphatic carbocycles. The number of carbonyl (C=O) groups excluding carboxylic acids is 1. The summed E-state index contributed by atoms with van der Waals surface area (Å²) < 4.78 is 0. The van der Waals surface area contributed by atoms with E-state index in [1.807, 2.05) is 30.3 Å². The highest BCUT2D eigenvalue weighted by atomic mass is 16.1. The first-order chi connectivity index (χ1) is 16.3. The van der Waals surface area contributed by atoms with E-state index in [1.54, 1.807) is 0 Å². The summed E-state index contributed by atoms with van der Waals surface area (Å²) in [6.45, 7) is 0.694. The minimum Gasteiger partial charge on any atom is -0.352 e. The summed E-state index contributed by atoms with van der Waals surface area (Å²) >= 11 is 0. The molecule has 4 heteroatoms. The van der Waals surface area contributed by atoms with Crippen molar-refractivity contribution in [2.75, 3.05) is 6.54 Å². The van der Waals surface area contributed by atoms with Crippen LogP contribution in [0.25, 0.3) is 22.5 Å². The van der Waals surface area contributed by atoms with Gasteiger partial charge in [-0.25, -0.2) is 0 Å². The molecule has 0 spiro atoms. The summed E-state index contributed by atoms with van der Waals surface area (Å²) in [7, 11) is 0. The monoisotopic (exact) mass is 435 g/mol. The molecule has 5 rings (SSSR count). The molecule has 0 radical (unpaired) electrons. The van der Waals surface area contributed by atoms with Crippen LogP contribution in [-0.4, -0.2) is 22.6 Å². The number of unbranched alkanes of at least 4 members (excludes halogenated alkanes) is 1. The van der Waals surface area contributed by atoms with E-state index in [9.17, 15) is 4.79 Å². The number of aromatic nitrogens is 2. The standard InChI is InChI=1S/C29H29N3O/c33-29(30-20-7-6-11-21-9-2-1-3-10-21)24-18-16-23(17-19-24)27-26-15-8-13-22-12-4-5-14-25(22)28(26)32-31-27/h1-5,9-10,12,14,16-19H,6-8,11,13,15,20H2,(H,30,33)(H,31,32). The Morgan fingerprint density at radius 3 is 2.52 bits per heavy atom. The van der Waals surface area contributed by atoms with Gasteiger partial charge in [0.1, 0.15) is 0 Å². The lowest BCUT2D eigenvalue weighted by molar-refractivity contribution is 0.0953. The predicted molar refractivity (Wildman–Crippen MR) is 133 cm³/mol. The van der Waals surface area contributed by atoms with E-state index in [0.717, 1.165) is 55.5 Å². The third-order valence-corrected chi connectivity index (χ3v) is 6.47. The Labute approximate surface area is 195 Å². The van der Waals surface area contributed by atoms with E-state index >= 15 is 0 Å². The Morgan fingerprint density at radius 1 is 0.879 bits per heavy atom. The van der Waals surface area contributed by atoms with E-state index in [2.05, 4.69) is 64.0 Å². The minimum atomic E-state index is -0.0176. The molecule has 0 fully saturated rings. The van der Waals surface area contributed by atoms with Gasteiger partial charge in [0.15, 0.2) is 0 Å². The van der Waals surface area contributed by atoms with Crippen LogP contribution >= 0.6 is 0 Å². The summed E-state index contributed by atoms with van der Waals surface area (Å²) in [5.41, 5.74) is 9.12. The summed E-state index contributed by atoms with van der Waals surface area (Å²) in [6, 6.07) is 26.9. The highest BCUT2D eigenvalue weighted by molar-refractivity contribution is 5.94. The van der Waals surface area contributed by atoms with Crippen molar-refractivity contribution in [1.29, 1.82) is 0 Å². The van der Waals surface area contributed by atoms with E-state index in [4.69, 9.17) is 0 Å². The Morgan fingerprint density at radius 2 is 1.67 bits per heavy atom. The first kappa shape index (κ1) is 21.2. The van der Waals surface area contributed by atoms with Crippen LogP contribution in [0.15, 0.2) is 78.9 Å². The van der Waals surface area contributed by atoms with Gasteiger partial charge in [-0.2, -0.15) is 5.10 Å². The Bertz CT molecular complexity index is 1230. The highest BCUT2D eigenvalue weighted by Crippen LogP contribution is 2.36. The summed E-state index contributed by atoms with van der Waals surface area (Å²) in [5.74, 6) is -0.0176. The van der Waals surface area contributed by atoms with Gasteiger partial charge in [0, 0.05) is 28.8 Å². The fourth-order valence-corrected chi connectivity index (χ4v) is 4.69. The quantitative estimate of drug-likeness (QED) is 0.351. The lowest BCUT2D eigenvalue weighted by atomic mass is 9.99. The first-order valence-corrected chi connectivity index (χ1v) is 11.9. The molecule has 0 saturated heterocycles. The van der Waals surface area contributed by atoms with Crippen LogP contribution in [0.5, 0.6) is 0 Å². The molecule has 0 saturated carbocycles. The molecule has 0 atom stereocenters. The summed E-state index contributed by atoms with van der Waals surface area (Å²) in [6.07, 6.45) is 6.28. The number of nitrogens with zero attached hydrogens (tertiary/aromatic N) is 1. The van der Waals surface area contributed by atoms with Crippen molar-refractivity contribution < 1.29 is 4.79 Å². The SMILES string of the molecule is O=C(NCCCCc1ccccc1)c1ccc(-c2n[nH]c3c2CCCc2ccccc2-3)cc1. The van der Waals surface area contributed by atoms with Crippen LogP contribution in [0.2, 0.25) is 0 Å². The molecule has 1 amide bonds. The van der Waals surface area contributed by atoms with Crippen molar-refractivity contribution in [3.8, 4) is 22.5 Å².